The Morgan fingerprint density at radius 2 is 2.04 bits per heavy atom. The Balaban J connectivity index is 1.54. The van der Waals surface area contributed by atoms with Crippen LogP contribution in [0.1, 0.15) is 23.6 Å². The molecular formula is C20H24N2O2. The van der Waals surface area contributed by atoms with E-state index in [0.29, 0.717) is 13.2 Å². The molecule has 1 aliphatic heterocycles. The molecule has 0 radical (unpaired) electrons. The third kappa shape index (κ3) is 3.37. The maximum atomic E-state index is 12.5. The minimum atomic E-state index is -0.0583. The van der Waals surface area contributed by atoms with Gasteiger partial charge in [-0.05, 0) is 56.0 Å². The van der Waals surface area contributed by atoms with Crippen LogP contribution in [0.5, 0.6) is 5.75 Å². The molecule has 2 aromatic carbocycles. The van der Waals surface area contributed by atoms with E-state index in [4.69, 9.17) is 4.74 Å². The van der Waals surface area contributed by atoms with Gasteiger partial charge in [-0.2, -0.15) is 0 Å². The lowest BCUT2D eigenvalue weighted by Gasteiger charge is -2.23. The molecule has 0 saturated carbocycles. The third-order valence-corrected chi connectivity index (χ3v) is 4.41. The van der Waals surface area contributed by atoms with Crippen molar-refractivity contribution < 1.29 is 9.53 Å². The van der Waals surface area contributed by atoms with Crippen LogP contribution in [0.3, 0.4) is 0 Å². The van der Waals surface area contributed by atoms with Gasteiger partial charge in [-0.1, -0.05) is 30.3 Å². The van der Waals surface area contributed by atoms with Gasteiger partial charge in [0.1, 0.15) is 12.4 Å². The Morgan fingerprint density at radius 1 is 1.25 bits per heavy atom. The number of nitrogens with one attached hydrogen (secondary N) is 1. The number of amides is 2. The molecule has 3 rings (SSSR count). The number of urea groups is 1. The molecule has 1 heterocycles. The number of fused-ring (bicyclic) bond motifs is 1. The van der Waals surface area contributed by atoms with E-state index in [2.05, 4.69) is 24.4 Å². The number of carbonyl (C=O) groups excluding carboxylic acids is 1. The van der Waals surface area contributed by atoms with Crippen molar-refractivity contribution >= 4 is 11.7 Å². The van der Waals surface area contributed by atoms with E-state index in [9.17, 15) is 4.79 Å². The van der Waals surface area contributed by atoms with Crippen LogP contribution in [0, 0.1) is 13.8 Å². The maximum Gasteiger partial charge on any atom is 0.322 e. The van der Waals surface area contributed by atoms with Gasteiger partial charge in [0.05, 0.1) is 6.54 Å². The average Bonchev–Trinajstić information content (AvgIpc) is 2.90. The smallest absolute Gasteiger partial charge is 0.322 e. The third-order valence-electron chi connectivity index (χ3n) is 4.41. The van der Waals surface area contributed by atoms with Crippen molar-refractivity contribution in [3.05, 3.63) is 59.2 Å². The van der Waals surface area contributed by atoms with Gasteiger partial charge >= 0.3 is 6.03 Å². The van der Waals surface area contributed by atoms with Gasteiger partial charge in [0.2, 0.25) is 0 Å². The molecule has 1 unspecified atom stereocenters. The average molecular weight is 324 g/mol. The van der Waals surface area contributed by atoms with Crippen LogP contribution < -0.4 is 15.0 Å². The fourth-order valence-electron chi connectivity index (χ4n) is 3.14. The first-order chi connectivity index (χ1) is 11.6. The quantitative estimate of drug-likeness (QED) is 0.868. The molecular weight excluding hydrogens is 300 g/mol. The largest absolute Gasteiger partial charge is 0.491 e. The predicted octanol–water partition coefficient (Wildman–Crippen LogP) is 3.84. The highest BCUT2D eigenvalue weighted by molar-refractivity contribution is 5.94. The number of para-hydroxylation sites is 1. The predicted molar refractivity (Wildman–Crippen MR) is 96.9 cm³/mol. The number of benzene rings is 2. The van der Waals surface area contributed by atoms with E-state index in [0.717, 1.165) is 23.4 Å². The van der Waals surface area contributed by atoms with E-state index in [-0.39, 0.29) is 12.1 Å². The number of carbonyl (C=O) groups is 1. The summed E-state index contributed by atoms with van der Waals surface area (Å²) in [5, 5.41) is 2.96. The van der Waals surface area contributed by atoms with Gasteiger partial charge in [0, 0.05) is 11.7 Å². The summed E-state index contributed by atoms with van der Waals surface area (Å²) < 4.78 is 5.79. The van der Waals surface area contributed by atoms with Crippen LogP contribution >= 0.6 is 0 Å². The molecule has 4 nitrogen and oxygen atoms in total. The number of rotatable bonds is 4. The van der Waals surface area contributed by atoms with Crippen LogP contribution in [0.25, 0.3) is 0 Å². The second kappa shape index (κ2) is 6.95. The highest BCUT2D eigenvalue weighted by atomic mass is 16.5. The monoisotopic (exact) mass is 324 g/mol. The first-order valence-electron chi connectivity index (χ1n) is 8.41. The van der Waals surface area contributed by atoms with Crippen molar-refractivity contribution in [3.8, 4) is 5.75 Å². The van der Waals surface area contributed by atoms with Gasteiger partial charge < -0.3 is 10.1 Å². The highest BCUT2D eigenvalue weighted by Crippen LogP contribution is 2.31. The zero-order valence-corrected chi connectivity index (χ0v) is 14.5. The topological polar surface area (TPSA) is 41.6 Å². The standard InChI is InChI=1S/C20H24N2O2/c1-14-8-9-15(2)19(12-14)24-11-10-21-20(23)22-16(3)13-17-6-4-5-7-18(17)22/h4-9,12,16H,10-11,13H2,1-3H3,(H,21,23). The molecule has 0 spiro atoms. The second-order valence-corrected chi connectivity index (χ2v) is 6.40. The first-order valence-corrected chi connectivity index (χ1v) is 8.41. The zero-order chi connectivity index (χ0) is 17.1. The van der Waals surface area contributed by atoms with Crippen LogP contribution in [0.15, 0.2) is 42.5 Å². The molecule has 2 amide bonds. The Kier molecular flexibility index (Phi) is 4.74. The van der Waals surface area contributed by atoms with Crippen LogP contribution in [-0.2, 0) is 6.42 Å². The molecule has 24 heavy (non-hydrogen) atoms. The second-order valence-electron chi connectivity index (χ2n) is 6.40. The number of aryl methyl sites for hydroxylation is 2. The summed E-state index contributed by atoms with van der Waals surface area (Å²) in [6.45, 7) is 7.08. The summed E-state index contributed by atoms with van der Waals surface area (Å²) in [7, 11) is 0. The van der Waals surface area contributed by atoms with Gasteiger partial charge in [-0.3, -0.25) is 4.90 Å². The molecule has 0 aromatic heterocycles. The Labute approximate surface area is 143 Å². The van der Waals surface area contributed by atoms with Crippen LogP contribution in [-0.4, -0.2) is 25.2 Å². The van der Waals surface area contributed by atoms with Gasteiger partial charge in [-0.25, -0.2) is 4.79 Å². The van der Waals surface area contributed by atoms with Crippen molar-refractivity contribution in [2.45, 2.75) is 33.2 Å². The van der Waals surface area contributed by atoms with Gasteiger partial charge in [0.15, 0.2) is 0 Å². The van der Waals surface area contributed by atoms with Gasteiger partial charge in [-0.15, -0.1) is 0 Å². The lowest BCUT2D eigenvalue weighted by molar-refractivity contribution is 0.240. The SMILES string of the molecule is Cc1ccc(C)c(OCCNC(=O)N2c3ccccc3CC2C)c1. The fraction of sp³-hybridized carbons (Fsp3) is 0.350. The summed E-state index contributed by atoms with van der Waals surface area (Å²) >= 11 is 0. The van der Waals surface area contributed by atoms with Crippen LogP contribution in [0.2, 0.25) is 0 Å². The van der Waals surface area contributed by atoms with Crippen LogP contribution in [0.4, 0.5) is 10.5 Å². The molecule has 2 aromatic rings. The highest BCUT2D eigenvalue weighted by Gasteiger charge is 2.30. The molecule has 0 aliphatic carbocycles. The molecule has 1 aliphatic rings. The van der Waals surface area contributed by atoms with Crippen molar-refractivity contribution in [1.29, 1.82) is 0 Å². The Hall–Kier alpha value is -2.49. The number of anilines is 1. The maximum absolute atomic E-state index is 12.5. The fourth-order valence-corrected chi connectivity index (χ4v) is 3.14. The Morgan fingerprint density at radius 3 is 2.88 bits per heavy atom. The van der Waals surface area contributed by atoms with E-state index in [1.54, 1.807) is 0 Å². The number of ether oxygens (including phenoxy) is 1. The Bertz CT molecular complexity index is 742. The van der Waals surface area contributed by atoms with Gasteiger partial charge in [0.25, 0.3) is 0 Å². The number of nitrogens with zero attached hydrogens (tertiary/aromatic N) is 1. The van der Waals surface area contributed by atoms with Crippen molar-refractivity contribution in [2.24, 2.45) is 0 Å². The van der Waals surface area contributed by atoms with Crippen molar-refractivity contribution in [2.75, 3.05) is 18.1 Å². The summed E-state index contributed by atoms with van der Waals surface area (Å²) in [5.41, 5.74) is 4.51. The van der Waals surface area contributed by atoms with E-state index < -0.39 is 0 Å². The lowest BCUT2D eigenvalue weighted by atomic mass is 10.1. The molecule has 126 valence electrons. The van der Waals surface area contributed by atoms with Crippen molar-refractivity contribution in [3.63, 3.8) is 0 Å². The zero-order valence-electron chi connectivity index (χ0n) is 14.5. The minimum absolute atomic E-state index is 0.0583. The van der Waals surface area contributed by atoms with Crippen molar-refractivity contribution in [1.82, 2.24) is 5.32 Å². The summed E-state index contributed by atoms with van der Waals surface area (Å²) in [4.78, 5) is 14.4. The lowest BCUT2D eigenvalue weighted by Crippen LogP contribution is -2.44. The normalized spacial score (nSPS) is 16.0. The molecule has 0 saturated heterocycles. The minimum Gasteiger partial charge on any atom is -0.491 e. The summed E-state index contributed by atoms with van der Waals surface area (Å²) in [5.74, 6) is 0.879. The molecule has 0 bridgehead atoms. The van der Waals surface area contributed by atoms with E-state index >= 15 is 0 Å². The molecule has 4 heteroatoms. The molecule has 1 N–H and O–H groups in total. The summed E-state index contributed by atoms with van der Waals surface area (Å²) in [6.07, 6.45) is 0.905. The number of hydrogen-bond donors (Lipinski definition) is 1. The molecule has 1 atom stereocenters. The van der Waals surface area contributed by atoms with E-state index in [1.165, 1.54) is 11.1 Å². The van der Waals surface area contributed by atoms with E-state index in [1.807, 2.05) is 49.1 Å². The molecule has 0 fully saturated rings. The number of hydrogen-bond acceptors (Lipinski definition) is 2. The summed E-state index contributed by atoms with van der Waals surface area (Å²) in [6, 6.07) is 14.3. The first kappa shape index (κ1) is 16.4.